The van der Waals surface area contributed by atoms with Crippen LogP contribution in [-0.2, 0) is 4.74 Å². The quantitative estimate of drug-likeness (QED) is 0.544. The lowest BCUT2D eigenvalue weighted by atomic mass is 10.2. The van der Waals surface area contributed by atoms with Crippen LogP contribution in [0.4, 0.5) is 4.79 Å². The van der Waals surface area contributed by atoms with Gasteiger partial charge in [-0.05, 0) is 20.8 Å². The van der Waals surface area contributed by atoms with Crippen LogP contribution in [0.2, 0.25) is 0 Å². The molecule has 3 radical (unpaired) electrons. The Morgan fingerprint density at radius 2 is 1.80 bits per heavy atom. The van der Waals surface area contributed by atoms with Crippen molar-refractivity contribution in [2.45, 2.75) is 26.4 Å². The Morgan fingerprint density at radius 1 is 1.40 bits per heavy atom. The van der Waals surface area contributed by atoms with Crippen LogP contribution in [0.3, 0.4) is 0 Å². The molecule has 0 heterocycles. The van der Waals surface area contributed by atoms with E-state index in [4.69, 9.17) is 4.74 Å². The summed E-state index contributed by atoms with van der Waals surface area (Å²) in [5.74, 6) is 0. The van der Waals surface area contributed by atoms with Crippen molar-refractivity contribution in [2.75, 3.05) is 7.05 Å². The topological polar surface area (TPSA) is 68.8 Å². The number of hydrogen-bond acceptors (Lipinski definition) is 2. The van der Waals surface area contributed by atoms with Gasteiger partial charge < -0.3 is 10.1 Å². The van der Waals surface area contributed by atoms with Crippen LogP contribution in [0.15, 0.2) is 0 Å². The Hall–Kier alpha value is -0.770. The number of alkyl carbamates (subject to hydrolysis) is 1. The van der Waals surface area contributed by atoms with Gasteiger partial charge in [-0.1, -0.05) is 0 Å². The molecule has 59 valence electrons. The molecule has 0 aromatic heterocycles. The third-order valence-electron chi connectivity index (χ3n) is 0.603. The van der Waals surface area contributed by atoms with Crippen LogP contribution in [0.5, 0.6) is 0 Å². The SMILES string of the molecule is CNC(=O)OC(C)(C)C.[N]. The molecule has 0 bridgehead atoms. The van der Waals surface area contributed by atoms with E-state index in [2.05, 4.69) is 5.32 Å². The van der Waals surface area contributed by atoms with Crippen LogP contribution >= 0.6 is 0 Å². The van der Waals surface area contributed by atoms with E-state index in [1.807, 2.05) is 20.8 Å². The van der Waals surface area contributed by atoms with Gasteiger partial charge in [0.25, 0.3) is 0 Å². The van der Waals surface area contributed by atoms with Gasteiger partial charge in [-0.2, -0.15) is 0 Å². The highest BCUT2D eigenvalue weighted by molar-refractivity contribution is 5.67. The molecule has 0 aromatic carbocycles. The summed E-state index contributed by atoms with van der Waals surface area (Å²) >= 11 is 0. The molecule has 0 saturated heterocycles. The van der Waals surface area contributed by atoms with E-state index in [1.54, 1.807) is 0 Å². The molecule has 1 amide bonds. The molecule has 10 heavy (non-hydrogen) atoms. The Labute approximate surface area is 61.5 Å². The summed E-state index contributed by atoms with van der Waals surface area (Å²) in [6.07, 6.45) is -0.387. The zero-order valence-electron chi connectivity index (χ0n) is 6.76. The number of hydrogen-bond donors (Lipinski definition) is 1. The van der Waals surface area contributed by atoms with Gasteiger partial charge in [-0.15, -0.1) is 0 Å². The molecule has 0 saturated carbocycles. The van der Waals surface area contributed by atoms with Crippen LogP contribution in [0.1, 0.15) is 20.8 Å². The second kappa shape index (κ2) is 4.11. The summed E-state index contributed by atoms with van der Waals surface area (Å²) < 4.78 is 4.84. The van der Waals surface area contributed by atoms with Crippen molar-refractivity contribution in [3.05, 3.63) is 0 Å². The second-order valence-corrected chi connectivity index (χ2v) is 2.75. The van der Waals surface area contributed by atoms with E-state index in [0.717, 1.165) is 0 Å². The van der Waals surface area contributed by atoms with E-state index < -0.39 is 0 Å². The number of rotatable bonds is 0. The van der Waals surface area contributed by atoms with E-state index in [1.165, 1.54) is 7.05 Å². The molecule has 0 aromatic rings. The number of carbonyl (C=O) groups excluding carboxylic acids is 1. The molecular formula is C6H13N2O2. The van der Waals surface area contributed by atoms with Crippen molar-refractivity contribution < 1.29 is 9.53 Å². The summed E-state index contributed by atoms with van der Waals surface area (Å²) in [5, 5.41) is 2.36. The first kappa shape index (κ1) is 12.0. The van der Waals surface area contributed by atoms with Gasteiger partial charge in [0.1, 0.15) is 5.60 Å². The fourth-order valence-corrected chi connectivity index (χ4v) is 0.329. The number of amides is 1. The van der Waals surface area contributed by atoms with Crippen LogP contribution < -0.4 is 11.5 Å². The number of nitrogens with one attached hydrogen (secondary N) is 1. The highest BCUT2D eigenvalue weighted by Crippen LogP contribution is 2.05. The molecule has 4 nitrogen and oxygen atoms in total. The first-order valence-corrected chi connectivity index (χ1v) is 2.86. The van der Waals surface area contributed by atoms with Crippen molar-refractivity contribution in [3.8, 4) is 0 Å². The lowest BCUT2D eigenvalue weighted by Gasteiger charge is -2.18. The van der Waals surface area contributed by atoms with Crippen LogP contribution in [0, 0.1) is 0 Å². The average molecular weight is 145 g/mol. The van der Waals surface area contributed by atoms with Gasteiger partial charge >= 0.3 is 6.09 Å². The standard InChI is InChI=1S/C6H13NO2.N/c1-6(2,3)9-5(8)7-4;/h1-4H3,(H,7,8);. The van der Waals surface area contributed by atoms with Crippen molar-refractivity contribution in [3.63, 3.8) is 0 Å². The van der Waals surface area contributed by atoms with Crippen molar-refractivity contribution >= 4 is 6.09 Å². The highest BCUT2D eigenvalue weighted by Gasteiger charge is 2.13. The zero-order chi connectivity index (χ0) is 7.49. The smallest absolute Gasteiger partial charge is 0.407 e. The van der Waals surface area contributed by atoms with Crippen molar-refractivity contribution in [1.29, 1.82) is 0 Å². The maximum Gasteiger partial charge on any atom is 0.407 e. The largest absolute Gasteiger partial charge is 0.444 e. The number of nitrogens with zero attached hydrogens (tertiary/aromatic N) is 1. The number of carbonyl (C=O) groups is 1. The van der Waals surface area contributed by atoms with Crippen LogP contribution in [-0.4, -0.2) is 18.7 Å². The van der Waals surface area contributed by atoms with Crippen molar-refractivity contribution in [2.24, 2.45) is 0 Å². The summed E-state index contributed by atoms with van der Waals surface area (Å²) in [6.45, 7) is 5.46. The lowest BCUT2D eigenvalue weighted by molar-refractivity contribution is 0.0541. The average Bonchev–Trinajstić information content (AvgIpc) is 1.62. The fraction of sp³-hybridized carbons (Fsp3) is 0.833. The highest BCUT2D eigenvalue weighted by atomic mass is 16.6. The van der Waals surface area contributed by atoms with Gasteiger partial charge in [0.05, 0.1) is 0 Å². The summed E-state index contributed by atoms with van der Waals surface area (Å²) in [5.41, 5.74) is -0.389. The Balaban J connectivity index is 0. The molecule has 0 aliphatic heterocycles. The summed E-state index contributed by atoms with van der Waals surface area (Å²) in [4.78, 5) is 10.5. The molecule has 0 aliphatic rings. The Morgan fingerprint density at radius 3 is 1.90 bits per heavy atom. The summed E-state index contributed by atoms with van der Waals surface area (Å²) in [6, 6.07) is 0. The van der Waals surface area contributed by atoms with Gasteiger partial charge in [-0.3, -0.25) is 0 Å². The lowest BCUT2D eigenvalue weighted by Crippen LogP contribution is -2.30. The Kier molecular flexibility index (Phi) is 4.92. The molecule has 0 fully saturated rings. The monoisotopic (exact) mass is 145 g/mol. The van der Waals surface area contributed by atoms with Gasteiger partial charge in [0.15, 0.2) is 0 Å². The minimum Gasteiger partial charge on any atom is -0.444 e. The molecule has 4 heteroatoms. The molecule has 0 spiro atoms. The maximum absolute atomic E-state index is 10.5. The number of ether oxygens (including phenoxy) is 1. The molecule has 0 atom stereocenters. The minimum atomic E-state index is -0.389. The van der Waals surface area contributed by atoms with E-state index >= 15 is 0 Å². The van der Waals surface area contributed by atoms with E-state index in [9.17, 15) is 4.79 Å². The second-order valence-electron chi connectivity index (χ2n) is 2.75. The molecule has 1 N–H and O–H groups in total. The molecule has 0 aliphatic carbocycles. The Bertz CT molecular complexity index is 107. The predicted octanol–water partition coefficient (Wildman–Crippen LogP) is 0.660. The normalized spacial score (nSPS) is 9.60. The first-order chi connectivity index (χ1) is 3.95. The maximum atomic E-state index is 10.5. The molecule has 0 unspecified atom stereocenters. The van der Waals surface area contributed by atoms with Gasteiger partial charge in [0, 0.05) is 13.2 Å². The summed E-state index contributed by atoms with van der Waals surface area (Å²) in [7, 11) is 1.54. The van der Waals surface area contributed by atoms with E-state index in [0.29, 0.717) is 0 Å². The van der Waals surface area contributed by atoms with Crippen LogP contribution in [0.25, 0.3) is 0 Å². The zero-order valence-corrected chi connectivity index (χ0v) is 6.76. The van der Waals surface area contributed by atoms with Crippen molar-refractivity contribution in [1.82, 2.24) is 11.5 Å². The molecular weight excluding hydrogens is 132 g/mol. The third-order valence-corrected chi connectivity index (χ3v) is 0.603. The molecule has 0 rings (SSSR count). The first-order valence-electron chi connectivity index (χ1n) is 2.86. The third kappa shape index (κ3) is 7.23. The predicted molar refractivity (Wildman–Crippen MR) is 37.4 cm³/mol. The fourth-order valence-electron chi connectivity index (χ4n) is 0.329. The van der Waals surface area contributed by atoms with Gasteiger partial charge in [-0.25, -0.2) is 4.79 Å². The van der Waals surface area contributed by atoms with Gasteiger partial charge in [0.2, 0.25) is 0 Å². The minimum absolute atomic E-state index is 0. The van der Waals surface area contributed by atoms with E-state index in [-0.39, 0.29) is 17.8 Å².